The topological polar surface area (TPSA) is 112 Å². The fraction of sp³-hybridized carbons (Fsp3) is 0.545. The Morgan fingerprint density at radius 1 is 1.29 bits per heavy atom. The Morgan fingerprint density at radius 3 is 2.65 bits per heavy atom. The number of carbonyl (C=O) groups excluding carboxylic acids is 1. The second-order valence-corrected chi connectivity index (χ2v) is 8.14. The molecule has 2 saturated heterocycles. The lowest BCUT2D eigenvalue weighted by molar-refractivity contribution is -0.159. The third-order valence-electron chi connectivity index (χ3n) is 6.09. The Labute approximate surface area is 182 Å². The van der Waals surface area contributed by atoms with Crippen LogP contribution >= 0.6 is 0 Å². The smallest absolute Gasteiger partial charge is 0.290 e. The molecular weight excluding hydrogens is 398 g/mol. The van der Waals surface area contributed by atoms with E-state index in [1.165, 1.54) is 0 Å². The second-order valence-electron chi connectivity index (χ2n) is 8.14. The first-order chi connectivity index (χ1) is 15.0. The number of hydrogen-bond donors (Lipinski definition) is 2. The maximum absolute atomic E-state index is 12.9. The zero-order valence-corrected chi connectivity index (χ0v) is 18.2. The second kappa shape index (κ2) is 10.5. The van der Waals surface area contributed by atoms with Crippen LogP contribution in [0.1, 0.15) is 35.5 Å². The number of hydrogen-bond acceptors (Lipinski definition) is 6. The number of nitrogens with zero attached hydrogens (tertiary/aromatic N) is 4. The molecule has 4 heterocycles. The fourth-order valence-corrected chi connectivity index (χ4v) is 4.30. The molecule has 9 heteroatoms. The van der Waals surface area contributed by atoms with Crippen LogP contribution in [-0.4, -0.2) is 80.9 Å². The predicted molar refractivity (Wildman–Crippen MR) is 114 cm³/mol. The molecule has 2 N–H and O–H groups in total. The van der Waals surface area contributed by atoms with Crippen molar-refractivity contribution >= 4 is 12.4 Å². The highest BCUT2D eigenvalue weighted by Crippen LogP contribution is 2.31. The molecular formula is C22H31N5O4. The van der Waals surface area contributed by atoms with Gasteiger partial charge >= 0.3 is 0 Å². The summed E-state index contributed by atoms with van der Waals surface area (Å²) in [6.45, 7) is 8.48. The van der Waals surface area contributed by atoms with Crippen molar-refractivity contribution in [2.45, 2.75) is 45.3 Å². The van der Waals surface area contributed by atoms with Gasteiger partial charge in [0.15, 0.2) is 0 Å². The third kappa shape index (κ3) is 5.89. The number of nitrogens with one attached hydrogen (secondary N) is 1. The van der Waals surface area contributed by atoms with E-state index in [9.17, 15) is 4.79 Å². The summed E-state index contributed by atoms with van der Waals surface area (Å²) in [6.07, 6.45) is 4.16. The molecule has 0 radical (unpaired) electrons. The number of piperidine rings is 1. The Morgan fingerprint density at radius 2 is 2.03 bits per heavy atom. The lowest BCUT2D eigenvalue weighted by Crippen LogP contribution is -2.58. The lowest BCUT2D eigenvalue weighted by atomic mass is 9.89. The molecule has 31 heavy (non-hydrogen) atoms. The van der Waals surface area contributed by atoms with Crippen molar-refractivity contribution in [2.24, 2.45) is 0 Å². The number of aromatic amines is 1. The fourth-order valence-electron chi connectivity index (χ4n) is 4.30. The van der Waals surface area contributed by atoms with E-state index in [2.05, 4.69) is 26.1 Å². The van der Waals surface area contributed by atoms with Gasteiger partial charge in [-0.3, -0.25) is 24.6 Å². The average Bonchev–Trinajstić information content (AvgIpc) is 3.09. The van der Waals surface area contributed by atoms with E-state index >= 15 is 0 Å². The van der Waals surface area contributed by atoms with E-state index in [4.69, 9.17) is 14.6 Å². The van der Waals surface area contributed by atoms with Gasteiger partial charge in [-0.05, 0) is 38.8 Å². The minimum absolute atomic E-state index is 0.172. The summed E-state index contributed by atoms with van der Waals surface area (Å²) >= 11 is 0. The van der Waals surface area contributed by atoms with Gasteiger partial charge in [0.05, 0.1) is 30.0 Å². The monoisotopic (exact) mass is 429 g/mol. The molecule has 0 aliphatic carbocycles. The number of rotatable bonds is 4. The minimum atomic E-state index is -0.250. The van der Waals surface area contributed by atoms with E-state index in [-0.39, 0.29) is 18.0 Å². The molecule has 2 fully saturated rings. The quantitative estimate of drug-likeness (QED) is 0.710. The van der Waals surface area contributed by atoms with Crippen molar-refractivity contribution < 1.29 is 19.4 Å². The van der Waals surface area contributed by atoms with Crippen LogP contribution in [0.15, 0.2) is 24.4 Å². The van der Waals surface area contributed by atoms with Gasteiger partial charge in [0, 0.05) is 50.2 Å². The highest BCUT2D eigenvalue weighted by molar-refractivity contribution is 5.79. The normalized spacial score (nSPS) is 18.3. The van der Waals surface area contributed by atoms with Crippen LogP contribution in [0.2, 0.25) is 0 Å². The minimum Gasteiger partial charge on any atom is -0.483 e. The number of ether oxygens (including phenoxy) is 1. The summed E-state index contributed by atoms with van der Waals surface area (Å²) in [5, 5.41) is 14.1. The summed E-state index contributed by atoms with van der Waals surface area (Å²) in [6, 6.07) is 6.05. The molecule has 2 aromatic rings. The SMILES string of the molecule is Cc1n[nH]c(C)c1CC(=O)N1CCOC2(CCN(Cc3ccccn3)CC2)C1.O=CO. The number of carbonyl (C=O) groups is 2. The first-order valence-corrected chi connectivity index (χ1v) is 10.6. The Kier molecular flexibility index (Phi) is 7.75. The van der Waals surface area contributed by atoms with Crippen molar-refractivity contribution in [3.63, 3.8) is 0 Å². The maximum Gasteiger partial charge on any atom is 0.290 e. The van der Waals surface area contributed by atoms with Gasteiger partial charge in [-0.25, -0.2) is 0 Å². The number of amides is 1. The summed E-state index contributed by atoms with van der Waals surface area (Å²) < 4.78 is 6.21. The van der Waals surface area contributed by atoms with Gasteiger partial charge in [0.2, 0.25) is 5.91 Å². The largest absolute Gasteiger partial charge is 0.483 e. The van der Waals surface area contributed by atoms with Gasteiger partial charge < -0.3 is 14.7 Å². The zero-order chi connectivity index (χ0) is 22.3. The highest BCUT2D eigenvalue weighted by Gasteiger charge is 2.41. The molecule has 0 unspecified atom stereocenters. The summed E-state index contributed by atoms with van der Waals surface area (Å²) in [4.78, 5) is 30.1. The van der Waals surface area contributed by atoms with E-state index in [1.54, 1.807) is 0 Å². The Hall–Kier alpha value is -2.78. The van der Waals surface area contributed by atoms with Crippen LogP contribution in [0.25, 0.3) is 0 Å². The van der Waals surface area contributed by atoms with Crippen molar-refractivity contribution in [3.8, 4) is 0 Å². The third-order valence-corrected chi connectivity index (χ3v) is 6.09. The molecule has 0 saturated carbocycles. The molecule has 0 bridgehead atoms. The average molecular weight is 430 g/mol. The van der Waals surface area contributed by atoms with E-state index in [0.29, 0.717) is 26.1 Å². The number of carboxylic acid groups (broad SMARTS) is 1. The van der Waals surface area contributed by atoms with E-state index in [0.717, 1.165) is 55.1 Å². The number of aryl methyl sites for hydroxylation is 2. The lowest BCUT2D eigenvalue weighted by Gasteiger charge is -2.47. The van der Waals surface area contributed by atoms with Gasteiger partial charge in [0.25, 0.3) is 6.47 Å². The standard InChI is InChI=1S/C21H29N5O2.CH2O2/c1-16-19(17(2)24-23-16)13-20(27)26-11-12-28-21(15-26)6-9-25(10-7-21)14-18-5-3-4-8-22-18;2-1-3/h3-5,8H,6-7,9-15H2,1-2H3,(H,23,24);1H,(H,2,3). The summed E-state index contributed by atoms with van der Waals surface area (Å²) in [7, 11) is 0. The molecule has 2 aliphatic heterocycles. The van der Waals surface area contributed by atoms with Crippen LogP contribution in [0, 0.1) is 13.8 Å². The van der Waals surface area contributed by atoms with Crippen molar-refractivity contribution in [1.82, 2.24) is 25.0 Å². The van der Waals surface area contributed by atoms with Crippen molar-refractivity contribution in [2.75, 3.05) is 32.8 Å². The van der Waals surface area contributed by atoms with Gasteiger partial charge in [0.1, 0.15) is 0 Å². The molecule has 168 valence electrons. The maximum atomic E-state index is 12.9. The molecule has 9 nitrogen and oxygen atoms in total. The van der Waals surface area contributed by atoms with Crippen LogP contribution < -0.4 is 0 Å². The van der Waals surface area contributed by atoms with Gasteiger partial charge in [-0.15, -0.1) is 0 Å². The molecule has 1 spiro atoms. The number of aromatic nitrogens is 3. The van der Waals surface area contributed by atoms with Gasteiger partial charge in [-0.2, -0.15) is 5.10 Å². The highest BCUT2D eigenvalue weighted by atomic mass is 16.5. The first kappa shape index (κ1) is 22.9. The molecule has 0 aromatic carbocycles. The van der Waals surface area contributed by atoms with Crippen LogP contribution in [-0.2, 0) is 27.3 Å². The van der Waals surface area contributed by atoms with E-state index < -0.39 is 0 Å². The molecule has 2 aromatic heterocycles. The number of likely N-dealkylation sites (tertiary alicyclic amines) is 1. The predicted octanol–water partition coefficient (Wildman–Crippen LogP) is 1.56. The summed E-state index contributed by atoms with van der Waals surface area (Å²) in [5.74, 6) is 0.172. The zero-order valence-electron chi connectivity index (χ0n) is 18.2. The van der Waals surface area contributed by atoms with Crippen LogP contribution in [0.5, 0.6) is 0 Å². The van der Waals surface area contributed by atoms with Crippen molar-refractivity contribution in [3.05, 3.63) is 47.0 Å². The molecule has 1 amide bonds. The summed E-state index contributed by atoms with van der Waals surface area (Å²) in [5.41, 5.74) is 3.82. The number of morpholine rings is 1. The number of H-pyrrole nitrogens is 1. The molecule has 0 atom stereocenters. The Bertz CT molecular complexity index is 843. The van der Waals surface area contributed by atoms with Crippen LogP contribution in [0.4, 0.5) is 0 Å². The van der Waals surface area contributed by atoms with Crippen molar-refractivity contribution in [1.29, 1.82) is 0 Å². The Balaban J connectivity index is 0.000000858. The van der Waals surface area contributed by atoms with E-state index in [1.807, 2.05) is 37.1 Å². The van der Waals surface area contributed by atoms with Crippen LogP contribution in [0.3, 0.4) is 0 Å². The molecule has 4 rings (SSSR count). The molecule has 2 aliphatic rings. The number of pyridine rings is 1. The first-order valence-electron chi connectivity index (χ1n) is 10.6. The van der Waals surface area contributed by atoms with Gasteiger partial charge in [-0.1, -0.05) is 6.07 Å².